The van der Waals surface area contributed by atoms with Gasteiger partial charge in [0.25, 0.3) is 0 Å². The highest BCUT2D eigenvalue weighted by molar-refractivity contribution is 5.85. The third-order valence-corrected chi connectivity index (χ3v) is 3.93. The van der Waals surface area contributed by atoms with E-state index in [4.69, 9.17) is 4.42 Å². The monoisotopic (exact) mass is 323 g/mol. The third-order valence-electron chi connectivity index (χ3n) is 3.93. The molecule has 0 saturated carbocycles. The second kappa shape index (κ2) is 7.61. The highest BCUT2D eigenvalue weighted by Gasteiger charge is 2.19. The summed E-state index contributed by atoms with van der Waals surface area (Å²) in [5.74, 6) is 0.762. The molecule has 1 aromatic heterocycles. The number of benzene rings is 1. The molecule has 0 bridgehead atoms. The highest BCUT2D eigenvalue weighted by Crippen LogP contribution is 2.18. The Balaban J connectivity index is 0.00000176. The molecule has 3 rings (SSSR count). The fourth-order valence-corrected chi connectivity index (χ4v) is 2.73. The van der Waals surface area contributed by atoms with Crippen LogP contribution in [0.2, 0.25) is 0 Å². The van der Waals surface area contributed by atoms with Crippen molar-refractivity contribution in [2.75, 3.05) is 13.1 Å². The summed E-state index contributed by atoms with van der Waals surface area (Å²) in [6, 6.07) is 5.86. The smallest absolute Gasteiger partial charge is 0.237 e. The molecule has 0 aliphatic carbocycles. The minimum Gasteiger partial charge on any atom is -0.441 e. The summed E-state index contributed by atoms with van der Waals surface area (Å²) >= 11 is 0. The Morgan fingerprint density at radius 1 is 1.45 bits per heavy atom. The summed E-state index contributed by atoms with van der Waals surface area (Å²) in [5.41, 5.74) is 2.83. The highest BCUT2D eigenvalue weighted by atomic mass is 35.5. The lowest BCUT2D eigenvalue weighted by molar-refractivity contribution is -0.123. The molecule has 1 amide bonds. The number of hydrogen-bond donors (Lipinski definition) is 2. The van der Waals surface area contributed by atoms with Crippen molar-refractivity contribution in [3.63, 3.8) is 0 Å². The molecule has 1 aliphatic rings. The Kier molecular flexibility index (Phi) is 5.80. The van der Waals surface area contributed by atoms with Crippen molar-refractivity contribution >= 4 is 29.4 Å². The van der Waals surface area contributed by atoms with Gasteiger partial charge in [0.05, 0.1) is 6.04 Å². The number of fused-ring (bicyclic) bond motifs is 1. The average molecular weight is 324 g/mol. The van der Waals surface area contributed by atoms with Gasteiger partial charge in [-0.25, -0.2) is 4.98 Å². The van der Waals surface area contributed by atoms with E-state index in [1.807, 2.05) is 25.1 Å². The maximum Gasteiger partial charge on any atom is 0.237 e. The summed E-state index contributed by atoms with van der Waals surface area (Å²) in [4.78, 5) is 16.5. The van der Waals surface area contributed by atoms with E-state index in [0.29, 0.717) is 18.9 Å². The first-order valence-corrected chi connectivity index (χ1v) is 7.60. The predicted molar refractivity (Wildman–Crippen MR) is 88.3 cm³/mol. The van der Waals surface area contributed by atoms with E-state index in [0.717, 1.165) is 42.5 Å². The largest absolute Gasteiger partial charge is 0.441 e. The van der Waals surface area contributed by atoms with Gasteiger partial charge in [0.1, 0.15) is 5.52 Å². The summed E-state index contributed by atoms with van der Waals surface area (Å²) in [7, 11) is 0. The number of amides is 1. The molecule has 22 heavy (non-hydrogen) atoms. The molecule has 1 saturated heterocycles. The van der Waals surface area contributed by atoms with Crippen LogP contribution in [0, 0.1) is 6.92 Å². The Bertz CT molecular complexity index is 635. The Morgan fingerprint density at radius 2 is 2.32 bits per heavy atom. The van der Waals surface area contributed by atoms with Crippen LogP contribution in [-0.4, -0.2) is 30.0 Å². The maximum atomic E-state index is 12.0. The summed E-state index contributed by atoms with van der Waals surface area (Å²) < 4.78 is 5.70. The molecule has 1 aromatic carbocycles. The molecule has 2 aromatic rings. The predicted octanol–water partition coefficient (Wildman–Crippen LogP) is 2.36. The molecule has 5 nitrogen and oxygen atoms in total. The number of carbonyl (C=O) groups excluding carboxylic acids is 1. The van der Waals surface area contributed by atoms with Crippen LogP contribution in [-0.2, 0) is 11.2 Å². The molecule has 1 atom stereocenters. The number of aromatic nitrogens is 1. The van der Waals surface area contributed by atoms with Crippen molar-refractivity contribution in [3.05, 3.63) is 29.7 Å². The first-order chi connectivity index (χ1) is 10.2. The molecular formula is C16H22ClN3O2. The molecule has 2 heterocycles. The number of oxazole rings is 1. The summed E-state index contributed by atoms with van der Waals surface area (Å²) in [6.45, 7) is 3.51. The summed E-state index contributed by atoms with van der Waals surface area (Å²) in [5, 5.41) is 6.20. The van der Waals surface area contributed by atoms with E-state index in [1.54, 1.807) is 0 Å². The topological polar surface area (TPSA) is 67.2 Å². The Morgan fingerprint density at radius 3 is 3.05 bits per heavy atom. The van der Waals surface area contributed by atoms with Crippen LogP contribution < -0.4 is 10.6 Å². The van der Waals surface area contributed by atoms with Gasteiger partial charge in [-0.15, -0.1) is 12.4 Å². The number of para-hydroxylation sites is 1. The molecular weight excluding hydrogens is 302 g/mol. The van der Waals surface area contributed by atoms with Crippen molar-refractivity contribution in [2.45, 2.75) is 38.6 Å². The van der Waals surface area contributed by atoms with Gasteiger partial charge < -0.3 is 15.1 Å². The van der Waals surface area contributed by atoms with Gasteiger partial charge in [-0.05, 0) is 37.9 Å². The van der Waals surface area contributed by atoms with Gasteiger partial charge in [-0.3, -0.25) is 4.79 Å². The zero-order valence-electron chi connectivity index (χ0n) is 12.7. The molecule has 0 radical (unpaired) electrons. The Hall–Kier alpha value is -1.59. The second-order valence-corrected chi connectivity index (χ2v) is 5.57. The van der Waals surface area contributed by atoms with Gasteiger partial charge >= 0.3 is 0 Å². The number of nitrogens with zero attached hydrogens (tertiary/aromatic N) is 1. The number of nitrogens with one attached hydrogen (secondary N) is 2. The van der Waals surface area contributed by atoms with Crippen molar-refractivity contribution in [3.8, 4) is 0 Å². The van der Waals surface area contributed by atoms with E-state index >= 15 is 0 Å². The van der Waals surface area contributed by atoms with Gasteiger partial charge in [0.15, 0.2) is 11.5 Å². The van der Waals surface area contributed by atoms with Crippen LogP contribution >= 0.6 is 12.4 Å². The van der Waals surface area contributed by atoms with Crippen LogP contribution in [0.3, 0.4) is 0 Å². The summed E-state index contributed by atoms with van der Waals surface area (Å²) in [6.07, 6.45) is 3.82. The molecule has 0 unspecified atom stereocenters. The fraction of sp³-hybridized carbons (Fsp3) is 0.500. The third kappa shape index (κ3) is 3.78. The molecule has 6 heteroatoms. The second-order valence-electron chi connectivity index (χ2n) is 5.57. The van der Waals surface area contributed by atoms with E-state index < -0.39 is 0 Å². The normalized spacial score (nSPS) is 18.0. The van der Waals surface area contributed by atoms with E-state index in [-0.39, 0.29) is 24.4 Å². The lowest BCUT2D eigenvalue weighted by atomic mass is 10.0. The number of aryl methyl sites for hydroxylation is 1. The molecule has 120 valence electrons. The first kappa shape index (κ1) is 16.8. The first-order valence-electron chi connectivity index (χ1n) is 7.60. The zero-order valence-corrected chi connectivity index (χ0v) is 13.5. The molecule has 1 fully saturated rings. The van der Waals surface area contributed by atoms with E-state index in [1.165, 1.54) is 0 Å². The minimum atomic E-state index is -0.0374. The number of rotatable bonds is 4. The maximum absolute atomic E-state index is 12.0. The van der Waals surface area contributed by atoms with Crippen molar-refractivity contribution in [1.82, 2.24) is 15.6 Å². The van der Waals surface area contributed by atoms with Crippen LogP contribution in [0.25, 0.3) is 11.1 Å². The standard InChI is InChI=1S/C16H21N3O2.ClH/c1-11-5-4-7-13-15(11)19-14(21-13)8-10-18-16(20)12-6-2-3-9-17-12;/h4-5,7,12,17H,2-3,6,8-10H2,1H3,(H,18,20);1H/t12-;/m1./s1. The minimum absolute atomic E-state index is 0. The number of piperidine rings is 1. The molecule has 1 aliphatic heterocycles. The van der Waals surface area contributed by atoms with Crippen LogP contribution in [0.5, 0.6) is 0 Å². The molecule has 0 spiro atoms. The zero-order chi connectivity index (χ0) is 14.7. The van der Waals surface area contributed by atoms with Crippen molar-refractivity contribution < 1.29 is 9.21 Å². The van der Waals surface area contributed by atoms with Crippen LogP contribution in [0.4, 0.5) is 0 Å². The average Bonchev–Trinajstić information content (AvgIpc) is 2.92. The van der Waals surface area contributed by atoms with Crippen LogP contribution in [0.1, 0.15) is 30.7 Å². The van der Waals surface area contributed by atoms with Crippen molar-refractivity contribution in [1.29, 1.82) is 0 Å². The van der Waals surface area contributed by atoms with E-state index in [9.17, 15) is 4.79 Å². The van der Waals surface area contributed by atoms with Gasteiger partial charge in [-0.2, -0.15) is 0 Å². The SMILES string of the molecule is Cc1cccc2oc(CCNC(=O)[C@H]3CCCCN3)nc12.Cl. The van der Waals surface area contributed by atoms with Gasteiger partial charge in [-0.1, -0.05) is 18.6 Å². The lowest BCUT2D eigenvalue weighted by Crippen LogP contribution is -2.47. The van der Waals surface area contributed by atoms with Crippen molar-refractivity contribution in [2.24, 2.45) is 0 Å². The number of halogens is 1. The number of carbonyl (C=O) groups is 1. The molecule has 2 N–H and O–H groups in total. The number of hydrogen-bond acceptors (Lipinski definition) is 4. The van der Waals surface area contributed by atoms with Crippen LogP contribution in [0.15, 0.2) is 22.6 Å². The van der Waals surface area contributed by atoms with Gasteiger partial charge in [0, 0.05) is 13.0 Å². The van der Waals surface area contributed by atoms with E-state index in [2.05, 4.69) is 15.6 Å². The fourth-order valence-electron chi connectivity index (χ4n) is 2.73. The van der Waals surface area contributed by atoms with Gasteiger partial charge in [0.2, 0.25) is 5.91 Å². The lowest BCUT2D eigenvalue weighted by Gasteiger charge is -2.22. The quantitative estimate of drug-likeness (QED) is 0.906. The Labute approximate surface area is 136 Å².